The van der Waals surface area contributed by atoms with Crippen LogP contribution in [0.1, 0.15) is 19.7 Å². The summed E-state index contributed by atoms with van der Waals surface area (Å²) in [6.07, 6.45) is 3.80. The van der Waals surface area contributed by atoms with E-state index in [4.69, 9.17) is 10.1 Å². The largest absolute Gasteiger partial charge is 0.396 e. The normalized spacial score (nSPS) is 16.1. The van der Waals surface area contributed by atoms with Gasteiger partial charge in [0.2, 0.25) is 5.95 Å². The van der Waals surface area contributed by atoms with Crippen LogP contribution in [0.3, 0.4) is 0 Å². The molecule has 1 aliphatic heterocycles. The summed E-state index contributed by atoms with van der Waals surface area (Å²) >= 11 is 0. The molecule has 1 aromatic carbocycles. The van der Waals surface area contributed by atoms with Crippen LogP contribution >= 0.6 is 0 Å². The van der Waals surface area contributed by atoms with Crippen molar-refractivity contribution in [3.63, 3.8) is 0 Å². The Morgan fingerprint density at radius 3 is 2.59 bits per heavy atom. The molecule has 0 spiro atoms. The summed E-state index contributed by atoms with van der Waals surface area (Å²) in [5.74, 6) is 2.91. The van der Waals surface area contributed by atoms with E-state index in [1.54, 1.807) is 12.5 Å². The van der Waals surface area contributed by atoms with Crippen LogP contribution in [0.4, 0.5) is 11.8 Å². The van der Waals surface area contributed by atoms with Gasteiger partial charge in [0.1, 0.15) is 18.0 Å². The number of aliphatic hydroxyl groups is 1. The number of aromatic nitrogens is 5. The Morgan fingerprint density at radius 1 is 1.00 bits per heavy atom. The van der Waals surface area contributed by atoms with Crippen LogP contribution in [0, 0.1) is 0 Å². The van der Waals surface area contributed by atoms with Crippen LogP contribution in [0.2, 0.25) is 0 Å². The number of piperazine rings is 1. The van der Waals surface area contributed by atoms with Crippen LogP contribution in [0.5, 0.6) is 0 Å². The number of hydrogen-bond acceptors (Lipinski definition) is 8. The molecule has 29 heavy (non-hydrogen) atoms. The summed E-state index contributed by atoms with van der Waals surface area (Å²) in [6.45, 7) is 6.74. The lowest BCUT2D eigenvalue weighted by atomic mass is 9.99. The van der Waals surface area contributed by atoms with Crippen LogP contribution in [-0.4, -0.2) is 61.8 Å². The monoisotopic (exact) mass is 391 g/mol. The van der Waals surface area contributed by atoms with Gasteiger partial charge in [-0.1, -0.05) is 30.3 Å². The van der Waals surface area contributed by atoms with Crippen molar-refractivity contribution in [1.29, 1.82) is 0 Å². The maximum absolute atomic E-state index is 9.17. The van der Waals surface area contributed by atoms with E-state index in [-0.39, 0.29) is 12.1 Å². The zero-order chi connectivity index (χ0) is 20.3. The standard InChI is InChI=1S/C21H25N7O/c1-21(2)14-27(11-12-28(21)18-8-10-22-17(25-18)9-13-29)20-24-15-23-19(26-20)16-6-4-3-5-7-16/h3-8,10,15,29H,9,11-14H2,1-2H3. The molecule has 0 bridgehead atoms. The quantitative estimate of drug-likeness (QED) is 0.706. The molecule has 0 atom stereocenters. The molecule has 1 saturated heterocycles. The van der Waals surface area contributed by atoms with Crippen molar-refractivity contribution in [2.75, 3.05) is 36.0 Å². The molecule has 4 rings (SSSR count). The second kappa shape index (κ2) is 8.08. The molecule has 1 fully saturated rings. The third kappa shape index (κ3) is 4.17. The van der Waals surface area contributed by atoms with Crippen molar-refractivity contribution >= 4 is 11.8 Å². The van der Waals surface area contributed by atoms with Gasteiger partial charge in [0.15, 0.2) is 5.82 Å². The Kier molecular flexibility index (Phi) is 5.35. The fourth-order valence-electron chi connectivity index (χ4n) is 3.68. The third-order valence-electron chi connectivity index (χ3n) is 5.08. The molecule has 0 radical (unpaired) electrons. The summed E-state index contributed by atoms with van der Waals surface area (Å²) in [4.78, 5) is 26.8. The number of benzene rings is 1. The number of anilines is 2. The van der Waals surface area contributed by atoms with Crippen LogP contribution < -0.4 is 9.80 Å². The third-order valence-corrected chi connectivity index (χ3v) is 5.08. The average molecular weight is 391 g/mol. The molecular formula is C21H25N7O. The first-order valence-electron chi connectivity index (χ1n) is 9.77. The van der Waals surface area contributed by atoms with Gasteiger partial charge in [-0.05, 0) is 19.9 Å². The van der Waals surface area contributed by atoms with E-state index in [2.05, 4.69) is 43.6 Å². The summed E-state index contributed by atoms with van der Waals surface area (Å²) in [5.41, 5.74) is 0.800. The highest BCUT2D eigenvalue weighted by Crippen LogP contribution is 2.28. The zero-order valence-electron chi connectivity index (χ0n) is 16.7. The fourth-order valence-corrected chi connectivity index (χ4v) is 3.68. The molecule has 1 N–H and O–H groups in total. The van der Waals surface area contributed by atoms with E-state index >= 15 is 0 Å². The lowest BCUT2D eigenvalue weighted by molar-refractivity contribution is 0.296. The molecule has 8 heteroatoms. The van der Waals surface area contributed by atoms with E-state index in [0.717, 1.165) is 31.0 Å². The minimum atomic E-state index is -0.178. The minimum absolute atomic E-state index is 0.0454. The summed E-state index contributed by atoms with van der Waals surface area (Å²) in [5, 5.41) is 9.17. The predicted octanol–water partition coefficient (Wildman–Crippen LogP) is 1.97. The molecule has 150 valence electrons. The van der Waals surface area contributed by atoms with E-state index in [1.165, 1.54) is 0 Å². The second-order valence-electron chi connectivity index (χ2n) is 7.67. The van der Waals surface area contributed by atoms with Gasteiger partial charge in [0.05, 0.1) is 12.1 Å². The van der Waals surface area contributed by atoms with Crippen molar-refractivity contribution in [3.05, 3.63) is 54.7 Å². The van der Waals surface area contributed by atoms with Crippen molar-refractivity contribution in [1.82, 2.24) is 24.9 Å². The highest BCUT2D eigenvalue weighted by molar-refractivity contribution is 5.56. The molecule has 3 aromatic rings. The first kappa shape index (κ1) is 19.2. The highest BCUT2D eigenvalue weighted by atomic mass is 16.3. The summed E-state index contributed by atoms with van der Waals surface area (Å²) in [7, 11) is 0. The molecule has 0 saturated carbocycles. The number of nitrogens with zero attached hydrogens (tertiary/aromatic N) is 7. The Bertz CT molecular complexity index is 964. The van der Waals surface area contributed by atoms with Crippen molar-refractivity contribution in [2.45, 2.75) is 25.8 Å². The molecule has 8 nitrogen and oxygen atoms in total. The van der Waals surface area contributed by atoms with Gasteiger partial charge in [-0.2, -0.15) is 4.98 Å². The van der Waals surface area contributed by atoms with Gasteiger partial charge < -0.3 is 14.9 Å². The van der Waals surface area contributed by atoms with E-state index < -0.39 is 0 Å². The molecule has 0 unspecified atom stereocenters. The van der Waals surface area contributed by atoms with Crippen molar-refractivity contribution < 1.29 is 5.11 Å². The number of hydrogen-bond donors (Lipinski definition) is 1. The molecule has 0 amide bonds. The van der Waals surface area contributed by atoms with Gasteiger partial charge in [-0.25, -0.2) is 19.9 Å². The van der Waals surface area contributed by atoms with E-state index in [0.29, 0.717) is 24.0 Å². The van der Waals surface area contributed by atoms with Gasteiger partial charge in [0, 0.05) is 37.8 Å². The smallest absolute Gasteiger partial charge is 0.229 e. The zero-order valence-corrected chi connectivity index (χ0v) is 16.7. The maximum atomic E-state index is 9.17. The van der Waals surface area contributed by atoms with Crippen molar-refractivity contribution in [2.24, 2.45) is 0 Å². The van der Waals surface area contributed by atoms with Crippen LogP contribution in [0.25, 0.3) is 11.4 Å². The first-order chi connectivity index (χ1) is 14.1. The molecule has 0 aliphatic carbocycles. The van der Waals surface area contributed by atoms with E-state index in [9.17, 15) is 0 Å². The maximum Gasteiger partial charge on any atom is 0.229 e. The van der Waals surface area contributed by atoms with Gasteiger partial charge in [-0.15, -0.1) is 0 Å². The molecule has 1 aliphatic rings. The first-order valence-corrected chi connectivity index (χ1v) is 9.77. The van der Waals surface area contributed by atoms with Gasteiger partial charge in [-0.3, -0.25) is 0 Å². The molecule has 3 heterocycles. The lowest BCUT2D eigenvalue weighted by Gasteiger charge is -2.47. The van der Waals surface area contributed by atoms with E-state index in [1.807, 2.05) is 36.4 Å². The Morgan fingerprint density at radius 2 is 1.83 bits per heavy atom. The van der Waals surface area contributed by atoms with Crippen LogP contribution in [0.15, 0.2) is 48.9 Å². The second-order valence-corrected chi connectivity index (χ2v) is 7.67. The Labute approximate surface area is 170 Å². The topological polar surface area (TPSA) is 91.2 Å². The van der Waals surface area contributed by atoms with Gasteiger partial charge >= 0.3 is 0 Å². The summed E-state index contributed by atoms with van der Waals surface area (Å²) < 4.78 is 0. The fraction of sp³-hybridized carbons (Fsp3) is 0.381. The Hall–Kier alpha value is -3.13. The number of rotatable bonds is 5. The predicted molar refractivity (Wildman–Crippen MR) is 112 cm³/mol. The van der Waals surface area contributed by atoms with Gasteiger partial charge in [0.25, 0.3) is 0 Å². The SMILES string of the molecule is CC1(C)CN(c2ncnc(-c3ccccc3)n2)CCN1c1ccnc(CCO)n1. The average Bonchev–Trinajstić information content (AvgIpc) is 2.74. The van der Waals surface area contributed by atoms with Crippen LogP contribution in [-0.2, 0) is 6.42 Å². The lowest BCUT2D eigenvalue weighted by Crippen LogP contribution is -2.60. The van der Waals surface area contributed by atoms with Crippen molar-refractivity contribution in [3.8, 4) is 11.4 Å². The summed E-state index contributed by atoms with van der Waals surface area (Å²) in [6, 6.07) is 11.9. The molecule has 2 aromatic heterocycles. The minimum Gasteiger partial charge on any atom is -0.396 e. The highest BCUT2D eigenvalue weighted by Gasteiger charge is 2.35. The molecular weight excluding hydrogens is 366 g/mol. The number of aliphatic hydroxyl groups excluding tert-OH is 1. The Balaban J connectivity index is 1.55.